The molecule has 0 saturated carbocycles. The highest BCUT2D eigenvalue weighted by atomic mass is 32.1. The Morgan fingerprint density at radius 2 is 2.00 bits per heavy atom. The maximum absolute atomic E-state index is 12.6. The smallest absolute Gasteiger partial charge is 0.341 e. The first-order valence-corrected chi connectivity index (χ1v) is 9.28. The van der Waals surface area contributed by atoms with Crippen molar-refractivity contribution in [2.45, 2.75) is 13.8 Å². The zero-order chi connectivity index (χ0) is 18.4. The fourth-order valence-electron chi connectivity index (χ4n) is 3.32. The fourth-order valence-corrected chi connectivity index (χ4v) is 3.94. The Bertz CT molecular complexity index is 1030. The largest absolute Gasteiger partial charge is 0.477 e. The van der Waals surface area contributed by atoms with E-state index in [9.17, 15) is 14.7 Å². The molecule has 26 heavy (non-hydrogen) atoms. The molecule has 1 aliphatic rings. The Hall–Kier alpha value is -2.74. The van der Waals surface area contributed by atoms with Gasteiger partial charge in [-0.1, -0.05) is 13.8 Å². The van der Waals surface area contributed by atoms with Crippen molar-refractivity contribution in [1.29, 1.82) is 0 Å². The molecule has 0 amide bonds. The number of hydrogen-bond acceptors (Lipinski definition) is 6. The molecule has 2 atom stereocenters. The Labute approximate surface area is 153 Å². The lowest BCUT2D eigenvalue weighted by molar-refractivity contribution is 0.0695. The maximum Gasteiger partial charge on any atom is 0.341 e. The summed E-state index contributed by atoms with van der Waals surface area (Å²) in [5.74, 6) is 0.682. The number of carboxylic acids is 1. The van der Waals surface area contributed by atoms with Gasteiger partial charge in [0, 0.05) is 30.9 Å². The highest BCUT2D eigenvalue weighted by molar-refractivity contribution is 7.12. The van der Waals surface area contributed by atoms with Crippen LogP contribution in [0.3, 0.4) is 0 Å². The third kappa shape index (κ3) is 2.66. The van der Waals surface area contributed by atoms with E-state index in [1.165, 1.54) is 17.5 Å². The van der Waals surface area contributed by atoms with Gasteiger partial charge >= 0.3 is 5.97 Å². The van der Waals surface area contributed by atoms with Crippen molar-refractivity contribution in [1.82, 2.24) is 14.5 Å². The fraction of sp³-hybridized carbons (Fsp3) is 0.333. The number of pyridine rings is 2. The zero-order valence-corrected chi connectivity index (χ0v) is 15.2. The monoisotopic (exact) mass is 370 g/mol. The third-order valence-corrected chi connectivity index (χ3v) is 5.77. The summed E-state index contributed by atoms with van der Waals surface area (Å²) in [6, 6.07) is 3.47. The lowest BCUT2D eigenvalue weighted by Crippen LogP contribution is -2.23. The van der Waals surface area contributed by atoms with Crippen molar-refractivity contribution in [2.24, 2.45) is 11.8 Å². The Kier molecular flexibility index (Phi) is 3.99. The van der Waals surface area contributed by atoms with Crippen molar-refractivity contribution in [3.05, 3.63) is 45.7 Å². The highest BCUT2D eigenvalue weighted by Gasteiger charge is 2.27. The minimum absolute atomic E-state index is 0.282. The van der Waals surface area contributed by atoms with Crippen LogP contribution in [0.1, 0.15) is 24.2 Å². The van der Waals surface area contributed by atoms with Crippen molar-refractivity contribution >= 4 is 34.2 Å². The van der Waals surface area contributed by atoms with Gasteiger partial charge in [0.1, 0.15) is 11.4 Å². The summed E-state index contributed by atoms with van der Waals surface area (Å²) in [6.07, 6.45) is 2.95. The predicted octanol–water partition coefficient (Wildman–Crippen LogP) is 2.63. The highest BCUT2D eigenvalue weighted by Crippen LogP contribution is 2.28. The van der Waals surface area contributed by atoms with Crippen molar-refractivity contribution in [2.75, 3.05) is 18.0 Å². The average Bonchev–Trinajstić information content (AvgIpc) is 3.25. The van der Waals surface area contributed by atoms with E-state index in [2.05, 4.69) is 23.7 Å². The van der Waals surface area contributed by atoms with Crippen LogP contribution in [-0.2, 0) is 0 Å². The molecule has 1 fully saturated rings. The summed E-state index contributed by atoms with van der Waals surface area (Å²) in [7, 11) is 0. The molecule has 1 N–H and O–H groups in total. The third-order valence-electron chi connectivity index (χ3n) is 5.00. The molecule has 0 unspecified atom stereocenters. The molecule has 1 aliphatic heterocycles. The summed E-state index contributed by atoms with van der Waals surface area (Å²) in [4.78, 5) is 35.2. The van der Waals surface area contributed by atoms with Crippen LogP contribution in [0.4, 0.5) is 5.82 Å². The molecule has 3 aromatic heterocycles. The zero-order valence-electron chi connectivity index (χ0n) is 14.4. The topological polar surface area (TPSA) is 88.3 Å². The van der Waals surface area contributed by atoms with Gasteiger partial charge in [-0.15, -0.1) is 11.3 Å². The van der Waals surface area contributed by atoms with E-state index >= 15 is 0 Å². The van der Waals surface area contributed by atoms with Crippen LogP contribution in [0, 0.1) is 11.8 Å². The summed E-state index contributed by atoms with van der Waals surface area (Å²) >= 11 is 1.36. The Balaban J connectivity index is 1.94. The molecule has 0 bridgehead atoms. The molecule has 3 aromatic rings. The van der Waals surface area contributed by atoms with Gasteiger partial charge in [-0.3, -0.25) is 9.36 Å². The Morgan fingerprint density at radius 3 is 2.62 bits per heavy atom. The molecule has 0 spiro atoms. The number of thiazole rings is 1. The molecule has 0 aliphatic carbocycles. The van der Waals surface area contributed by atoms with Crippen LogP contribution in [0.5, 0.6) is 0 Å². The van der Waals surface area contributed by atoms with E-state index in [4.69, 9.17) is 4.98 Å². The van der Waals surface area contributed by atoms with Crippen LogP contribution in [0.15, 0.2) is 34.7 Å². The molecule has 1 saturated heterocycles. The second kappa shape index (κ2) is 6.21. The molecular weight excluding hydrogens is 352 g/mol. The van der Waals surface area contributed by atoms with Gasteiger partial charge < -0.3 is 10.0 Å². The normalized spacial score (nSPS) is 20.0. The van der Waals surface area contributed by atoms with Gasteiger partial charge in [0.05, 0.1) is 5.39 Å². The standard InChI is InChI=1S/C18H18N4O3S/c1-10-7-21(8-11(10)2)14-4-3-12-15(23)13(17(24)25)9-22(16(12)20-14)18-19-5-6-26-18/h3-6,9-11H,7-8H2,1-2H3,(H,24,25)/t10-,11-/m0/s1. The summed E-state index contributed by atoms with van der Waals surface area (Å²) < 4.78 is 1.59. The van der Waals surface area contributed by atoms with Crippen LogP contribution in [0.25, 0.3) is 16.2 Å². The maximum atomic E-state index is 12.6. The van der Waals surface area contributed by atoms with Gasteiger partial charge in [0.2, 0.25) is 5.43 Å². The summed E-state index contributed by atoms with van der Waals surface area (Å²) in [5, 5.41) is 12.0. The predicted molar refractivity (Wildman–Crippen MR) is 101 cm³/mol. The minimum atomic E-state index is -1.26. The van der Waals surface area contributed by atoms with E-state index in [1.807, 2.05) is 0 Å². The number of anilines is 1. The van der Waals surface area contributed by atoms with Gasteiger partial charge in [0.25, 0.3) is 0 Å². The van der Waals surface area contributed by atoms with Crippen LogP contribution < -0.4 is 10.3 Å². The molecule has 0 radical (unpaired) electrons. The van der Waals surface area contributed by atoms with Crippen molar-refractivity contribution in [3.63, 3.8) is 0 Å². The SMILES string of the molecule is C[C@H]1CN(c2ccc3c(=O)c(C(=O)O)cn(-c4nccs4)c3n2)C[C@@H]1C. The first kappa shape index (κ1) is 16.7. The van der Waals surface area contributed by atoms with Crippen molar-refractivity contribution in [3.8, 4) is 5.13 Å². The van der Waals surface area contributed by atoms with Gasteiger partial charge in [-0.2, -0.15) is 0 Å². The number of carboxylic acid groups (broad SMARTS) is 1. The first-order valence-electron chi connectivity index (χ1n) is 8.40. The van der Waals surface area contributed by atoms with Crippen molar-refractivity contribution < 1.29 is 9.90 Å². The van der Waals surface area contributed by atoms with Crippen LogP contribution in [-0.4, -0.2) is 38.7 Å². The quantitative estimate of drug-likeness (QED) is 0.762. The molecule has 134 valence electrons. The summed E-state index contributed by atoms with van der Waals surface area (Å²) in [5.41, 5.74) is -0.382. The van der Waals surface area contributed by atoms with E-state index in [0.717, 1.165) is 18.9 Å². The number of fused-ring (bicyclic) bond motifs is 1. The van der Waals surface area contributed by atoms with E-state index < -0.39 is 11.4 Å². The molecule has 4 rings (SSSR count). The van der Waals surface area contributed by atoms with Crippen LogP contribution in [0.2, 0.25) is 0 Å². The van der Waals surface area contributed by atoms with Gasteiger partial charge in [-0.05, 0) is 24.0 Å². The molecular formula is C18H18N4O3S. The number of carbonyl (C=O) groups is 1. The molecule has 0 aromatic carbocycles. The van der Waals surface area contributed by atoms with Gasteiger partial charge in [-0.25, -0.2) is 14.8 Å². The number of aromatic carboxylic acids is 1. The number of nitrogens with zero attached hydrogens (tertiary/aromatic N) is 4. The van der Waals surface area contributed by atoms with E-state index in [-0.39, 0.29) is 10.9 Å². The minimum Gasteiger partial charge on any atom is -0.477 e. The second-order valence-corrected chi connectivity index (χ2v) is 7.63. The lowest BCUT2D eigenvalue weighted by Gasteiger charge is -2.18. The molecule has 4 heterocycles. The number of aromatic nitrogens is 3. The van der Waals surface area contributed by atoms with E-state index in [0.29, 0.717) is 22.6 Å². The molecule has 8 heteroatoms. The first-order chi connectivity index (χ1) is 12.5. The number of hydrogen-bond donors (Lipinski definition) is 1. The average molecular weight is 370 g/mol. The molecule has 7 nitrogen and oxygen atoms in total. The number of rotatable bonds is 3. The Morgan fingerprint density at radius 1 is 1.27 bits per heavy atom. The van der Waals surface area contributed by atoms with Crippen LogP contribution >= 0.6 is 11.3 Å². The lowest BCUT2D eigenvalue weighted by atomic mass is 10.0. The van der Waals surface area contributed by atoms with E-state index in [1.54, 1.807) is 28.3 Å². The summed E-state index contributed by atoms with van der Waals surface area (Å²) in [6.45, 7) is 6.26. The second-order valence-electron chi connectivity index (χ2n) is 6.76. The van der Waals surface area contributed by atoms with Gasteiger partial charge in [0.15, 0.2) is 10.8 Å².